The Hall–Kier alpha value is -2.61. The molecule has 1 N–H and O–H groups in total. The van der Waals surface area contributed by atoms with Gasteiger partial charge in [0.2, 0.25) is 5.91 Å². The molecule has 7 nitrogen and oxygen atoms in total. The summed E-state index contributed by atoms with van der Waals surface area (Å²) in [5.74, 6) is 1.51. The van der Waals surface area contributed by atoms with E-state index in [0.717, 1.165) is 35.6 Å². The lowest BCUT2D eigenvalue weighted by Gasteiger charge is -2.26. The molecule has 2 heterocycles. The lowest BCUT2D eigenvalue weighted by molar-refractivity contribution is -0.134. The van der Waals surface area contributed by atoms with Crippen molar-refractivity contribution in [1.29, 1.82) is 0 Å². The summed E-state index contributed by atoms with van der Waals surface area (Å²) in [6.07, 6.45) is 3.75. The van der Waals surface area contributed by atoms with Gasteiger partial charge in [-0.3, -0.25) is 9.59 Å². The topological polar surface area (TPSA) is 80.8 Å². The molecule has 1 aliphatic heterocycles. The standard InChI is InChI=1S/C20H23N3O4S/c1-26-14-5-7-15(8-6-14)27-12-18(24)23-10-9-16-17(11-23)28-20(21-16)22-19(25)13-3-2-4-13/h5-8,13H,2-4,9-12H2,1H3,(H,21,22,25). The van der Waals surface area contributed by atoms with E-state index in [1.54, 1.807) is 36.3 Å². The highest BCUT2D eigenvalue weighted by molar-refractivity contribution is 7.15. The van der Waals surface area contributed by atoms with Crippen molar-refractivity contribution in [2.24, 2.45) is 5.92 Å². The molecule has 2 aliphatic rings. The first-order chi connectivity index (χ1) is 13.6. The number of hydrogen-bond donors (Lipinski definition) is 1. The number of thiazole rings is 1. The predicted octanol–water partition coefficient (Wildman–Crippen LogP) is 2.85. The van der Waals surface area contributed by atoms with Crippen LogP contribution in [0.3, 0.4) is 0 Å². The average Bonchev–Trinajstić information content (AvgIpc) is 3.06. The van der Waals surface area contributed by atoms with E-state index in [4.69, 9.17) is 9.47 Å². The van der Waals surface area contributed by atoms with Crippen molar-refractivity contribution in [2.75, 3.05) is 25.6 Å². The summed E-state index contributed by atoms with van der Waals surface area (Å²) in [5.41, 5.74) is 0.981. The number of hydrogen-bond acceptors (Lipinski definition) is 6. The number of benzene rings is 1. The normalized spacial score (nSPS) is 16.1. The Bertz CT molecular complexity index is 861. The van der Waals surface area contributed by atoms with Crippen molar-refractivity contribution >= 4 is 28.3 Å². The van der Waals surface area contributed by atoms with Gasteiger partial charge in [-0.25, -0.2) is 4.98 Å². The number of ether oxygens (including phenoxy) is 2. The highest BCUT2D eigenvalue weighted by Crippen LogP contribution is 2.31. The monoisotopic (exact) mass is 401 g/mol. The number of nitrogens with zero attached hydrogens (tertiary/aromatic N) is 2. The van der Waals surface area contributed by atoms with Gasteiger partial charge in [0.1, 0.15) is 11.5 Å². The van der Waals surface area contributed by atoms with Gasteiger partial charge in [0.05, 0.1) is 19.3 Å². The molecule has 8 heteroatoms. The molecule has 0 atom stereocenters. The van der Waals surface area contributed by atoms with Crippen LogP contribution in [0.25, 0.3) is 0 Å². The Labute approximate surface area is 167 Å². The maximum absolute atomic E-state index is 12.5. The summed E-state index contributed by atoms with van der Waals surface area (Å²) < 4.78 is 10.7. The third kappa shape index (κ3) is 4.11. The van der Waals surface area contributed by atoms with E-state index < -0.39 is 0 Å². The molecule has 148 valence electrons. The van der Waals surface area contributed by atoms with Gasteiger partial charge in [0, 0.05) is 23.8 Å². The molecule has 1 aliphatic carbocycles. The summed E-state index contributed by atoms with van der Waals surface area (Å²) in [5, 5.41) is 3.58. The number of nitrogens with one attached hydrogen (secondary N) is 1. The summed E-state index contributed by atoms with van der Waals surface area (Å²) in [7, 11) is 1.60. The zero-order valence-electron chi connectivity index (χ0n) is 15.8. The smallest absolute Gasteiger partial charge is 0.260 e. The van der Waals surface area contributed by atoms with Crippen LogP contribution in [0.5, 0.6) is 11.5 Å². The van der Waals surface area contributed by atoms with Gasteiger partial charge >= 0.3 is 0 Å². The molecule has 0 saturated heterocycles. The van der Waals surface area contributed by atoms with Crippen molar-refractivity contribution in [3.05, 3.63) is 34.8 Å². The van der Waals surface area contributed by atoms with Crippen LogP contribution in [-0.2, 0) is 22.6 Å². The molecule has 1 aromatic carbocycles. The third-order valence-electron chi connectivity index (χ3n) is 5.21. The maximum atomic E-state index is 12.5. The Morgan fingerprint density at radius 1 is 1.25 bits per heavy atom. The zero-order valence-corrected chi connectivity index (χ0v) is 16.6. The maximum Gasteiger partial charge on any atom is 0.260 e. The van der Waals surface area contributed by atoms with E-state index >= 15 is 0 Å². The molecular formula is C20H23N3O4S. The minimum absolute atomic E-state index is 0.00820. The van der Waals surface area contributed by atoms with Crippen molar-refractivity contribution < 1.29 is 19.1 Å². The molecule has 2 aromatic rings. The van der Waals surface area contributed by atoms with Gasteiger partial charge in [-0.05, 0) is 37.1 Å². The molecule has 1 fully saturated rings. The highest BCUT2D eigenvalue weighted by atomic mass is 32.1. The van der Waals surface area contributed by atoms with E-state index in [1.807, 2.05) is 0 Å². The second kappa shape index (κ2) is 8.18. The van der Waals surface area contributed by atoms with Crippen molar-refractivity contribution in [2.45, 2.75) is 32.2 Å². The van der Waals surface area contributed by atoms with Crippen LogP contribution < -0.4 is 14.8 Å². The van der Waals surface area contributed by atoms with Crippen LogP contribution in [0, 0.1) is 5.92 Å². The van der Waals surface area contributed by atoms with E-state index in [-0.39, 0.29) is 24.3 Å². The fourth-order valence-corrected chi connectivity index (χ4v) is 4.27. The first-order valence-corrected chi connectivity index (χ1v) is 10.3. The second-order valence-corrected chi connectivity index (χ2v) is 8.12. The average molecular weight is 401 g/mol. The number of anilines is 1. The molecule has 0 radical (unpaired) electrons. The first-order valence-electron chi connectivity index (χ1n) is 9.46. The zero-order chi connectivity index (χ0) is 19.5. The number of methoxy groups -OCH3 is 1. The van der Waals surface area contributed by atoms with E-state index in [0.29, 0.717) is 30.4 Å². The quantitative estimate of drug-likeness (QED) is 0.805. The van der Waals surface area contributed by atoms with E-state index in [2.05, 4.69) is 10.3 Å². The number of rotatable bonds is 6. The number of carbonyl (C=O) groups is 2. The Morgan fingerprint density at radius 3 is 2.68 bits per heavy atom. The fraction of sp³-hybridized carbons (Fsp3) is 0.450. The number of fused-ring (bicyclic) bond motifs is 1. The van der Waals surface area contributed by atoms with Gasteiger partial charge in [0.15, 0.2) is 11.7 Å². The molecule has 0 spiro atoms. The highest BCUT2D eigenvalue weighted by Gasteiger charge is 2.28. The molecule has 4 rings (SSSR count). The van der Waals surface area contributed by atoms with Crippen LogP contribution in [0.4, 0.5) is 5.13 Å². The van der Waals surface area contributed by atoms with Crippen LogP contribution in [0.1, 0.15) is 29.8 Å². The van der Waals surface area contributed by atoms with Crippen LogP contribution in [0.15, 0.2) is 24.3 Å². The van der Waals surface area contributed by atoms with Gasteiger partial charge in [-0.1, -0.05) is 17.8 Å². The molecular weight excluding hydrogens is 378 g/mol. The van der Waals surface area contributed by atoms with Gasteiger partial charge in [-0.15, -0.1) is 0 Å². The van der Waals surface area contributed by atoms with Crippen molar-refractivity contribution in [1.82, 2.24) is 9.88 Å². The Balaban J connectivity index is 1.31. The van der Waals surface area contributed by atoms with Gasteiger partial charge < -0.3 is 19.7 Å². The summed E-state index contributed by atoms with van der Waals surface area (Å²) in [6.45, 7) is 1.11. The number of amides is 2. The SMILES string of the molecule is COc1ccc(OCC(=O)N2CCc3nc(NC(=O)C4CCC4)sc3C2)cc1. The summed E-state index contributed by atoms with van der Waals surface area (Å²) >= 11 is 1.46. The van der Waals surface area contributed by atoms with E-state index in [9.17, 15) is 9.59 Å². The lowest BCUT2D eigenvalue weighted by atomic mass is 9.85. The summed E-state index contributed by atoms with van der Waals surface area (Å²) in [6, 6.07) is 7.15. The summed E-state index contributed by atoms with van der Waals surface area (Å²) in [4.78, 5) is 32.0. The van der Waals surface area contributed by atoms with Gasteiger partial charge in [0.25, 0.3) is 5.91 Å². The largest absolute Gasteiger partial charge is 0.497 e. The van der Waals surface area contributed by atoms with Crippen LogP contribution >= 0.6 is 11.3 Å². The Morgan fingerprint density at radius 2 is 2.00 bits per heavy atom. The molecule has 0 unspecified atom stereocenters. The molecule has 2 amide bonds. The van der Waals surface area contributed by atoms with Crippen LogP contribution in [-0.4, -0.2) is 42.0 Å². The fourth-order valence-electron chi connectivity index (χ4n) is 3.25. The second-order valence-electron chi connectivity index (χ2n) is 7.04. The predicted molar refractivity (Wildman–Crippen MR) is 106 cm³/mol. The number of aromatic nitrogens is 1. The van der Waals surface area contributed by atoms with Crippen molar-refractivity contribution in [3.63, 3.8) is 0 Å². The molecule has 1 saturated carbocycles. The lowest BCUT2D eigenvalue weighted by Crippen LogP contribution is -2.38. The van der Waals surface area contributed by atoms with Gasteiger partial charge in [-0.2, -0.15) is 0 Å². The van der Waals surface area contributed by atoms with Crippen LogP contribution in [0.2, 0.25) is 0 Å². The molecule has 0 bridgehead atoms. The molecule has 1 aromatic heterocycles. The first kappa shape index (κ1) is 18.7. The third-order valence-corrected chi connectivity index (χ3v) is 6.21. The number of carbonyl (C=O) groups excluding carboxylic acids is 2. The van der Waals surface area contributed by atoms with Crippen molar-refractivity contribution in [3.8, 4) is 11.5 Å². The minimum Gasteiger partial charge on any atom is -0.497 e. The minimum atomic E-state index is -0.0603. The van der Waals surface area contributed by atoms with E-state index in [1.165, 1.54) is 11.3 Å². The Kier molecular flexibility index (Phi) is 5.47. The molecule has 28 heavy (non-hydrogen) atoms.